The predicted molar refractivity (Wildman–Crippen MR) is 87.7 cm³/mol. The van der Waals surface area contributed by atoms with Crippen LogP contribution in [0.15, 0.2) is 18.2 Å². The van der Waals surface area contributed by atoms with Crippen LogP contribution in [0.1, 0.15) is 27.2 Å². The molecule has 0 spiro atoms. The SMILES string of the molecule is CCCOc1cccc2c1nc(N)n2CCN(CC)CC. The molecule has 116 valence electrons. The molecule has 0 aliphatic carbocycles. The Kier molecular flexibility index (Phi) is 5.44. The maximum absolute atomic E-state index is 6.10. The van der Waals surface area contributed by atoms with Crippen LogP contribution in [0, 0.1) is 0 Å². The van der Waals surface area contributed by atoms with Gasteiger partial charge in [0.15, 0.2) is 0 Å². The number of nitrogen functional groups attached to an aromatic ring is 1. The van der Waals surface area contributed by atoms with Gasteiger partial charge in [-0.2, -0.15) is 0 Å². The summed E-state index contributed by atoms with van der Waals surface area (Å²) in [4.78, 5) is 6.87. The van der Waals surface area contributed by atoms with E-state index in [1.807, 2.05) is 12.1 Å². The van der Waals surface area contributed by atoms with E-state index in [-0.39, 0.29) is 0 Å². The first kappa shape index (κ1) is 15.6. The van der Waals surface area contributed by atoms with Crippen molar-refractivity contribution >= 4 is 17.0 Å². The van der Waals surface area contributed by atoms with Gasteiger partial charge in [-0.05, 0) is 31.6 Å². The number of nitrogens with two attached hydrogens (primary N) is 1. The number of benzene rings is 1. The number of imidazole rings is 1. The zero-order valence-corrected chi connectivity index (χ0v) is 13.3. The highest BCUT2D eigenvalue weighted by atomic mass is 16.5. The predicted octanol–water partition coefficient (Wildman–Crippen LogP) is 2.75. The van der Waals surface area contributed by atoms with Crippen LogP contribution < -0.4 is 10.5 Å². The van der Waals surface area contributed by atoms with Crippen molar-refractivity contribution in [1.82, 2.24) is 14.5 Å². The van der Waals surface area contributed by atoms with Crippen molar-refractivity contribution in [2.45, 2.75) is 33.7 Å². The van der Waals surface area contributed by atoms with E-state index in [1.165, 1.54) is 0 Å². The van der Waals surface area contributed by atoms with E-state index in [2.05, 4.69) is 41.3 Å². The number of nitrogens with zero attached hydrogens (tertiary/aromatic N) is 3. The standard InChI is InChI=1S/C16H26N4O/c1-4-12-21-14-9-7-8-13-15(14)18-16(17)20(13)11-10-19(5-2)6-3/h7-9H,4-6,10-12H2,1-3H3,(H2,17,18). The second-order valence-corrected chi connectivity index (χ2v) is 5.12. The largest absolute Gasteiger partial charge is 0.491 e. The Morgan fingerprint density at radius 3 is 2.67 bits per heavy atom. The molecule has 2 N–H and O–H groups in total. The summed E-state index contributed by atoms with van der Waals surface area (Å²) in [7, 11) is 0. The maximum Gasteiger partial charge on any atom is 0.201 e. The Labute approximate surface area is 126 Å². The highest BCUT2D eigenvalue weighted by molar-refractivity contribution is 5.84. The molecule has 0 aliphatic heterocycles. The summed E-state index contributed by atoms with van der Waals surface area (Å²) in [6, 6.07) is 6.02. The van der Waals surface area contributed by atoms with Crippen LogP contribution in [0.2, 0.25) is 0 Å². The molecule has 0 amide bonds. The lowest BCUT2D eigenvalue weighted by Crippen LogP contribution is -2.27. The first-order valence-electron chi connectivity index (χ1n) is 7.81. The van der Waals surface area contributed by atoms with E-state index in [0.717, 1.165) is 49.4 Å². The second kappa shape index (κ2) is 7.31. The van der Waals surface area contributed by atoms with Crippen molar-refractivity contribution in [3.05, 3.63) is 18.2 Å². The Balaban J connectivity index is 2.26. The Morgan fingerprint density at radius 1 is 1.24 bits per heavy atom. The lowest BCUT2D eigenvalue weighted by atomic mass is 10.3. The fourth-order valence-corrected chi connectivity index (χ4v) is 2.48. The molecule has 5 nitrogen and oxygen atoms in total. The molecule has 0 aliphatic rings. The normalized spacial score (nSPS) is 11.4. The van der Waals surface area contributed by atoms with Gasteiger partial charge in [0.05, 0.1) is 12.1 Å². The minimum absolute atomic E-state index is 0.560. The van der Waals surface area contributed by atoms with Crippen LogP contribution in [0.25, 0.3) is 11.0 Å². The molecule has 0 unspecified atom stereocenters. The molecule has 21 heavy (non-hydrogen) atoms. The van der Waals surface area contributed by atoms with E-state index < -0.39 is 0 Å². The number of ether oxygens (including phenoxy) is 1. The monoisotopic (exact) mass is 290 g/mol. The van der Waals surface area contributed by atoms with Crippen molar-refractivity contribution in [2.75, 3.05) is 32.0 Å². The molecule has 1 aromatic carbocycles. The Hall–Kier alpha value is -1.75. The molecule has 2 aromatic rings. The first-order valence-corrected chi connectivity index (χ1v) is 7.81. The van der Waals surface area contributed by atoms with Crippen molar-refractivity contribution in [3.63, 3.8) is 0 Å². The van der Waals surface area contributed by atoms with Crippen molar-refractivity contribution < 1.29 is 4.74 Å². The van der Waals surface area contributed by atoms with E-state index in [9.17, 15) is 0 Å². The van der Waals surface area contributed by atoms with Crippen LogP contribution in [0.5, 0.6) is 5.75 Å². The average Bonchev–Trinajstić information content (AvgIpc) is 2.82. The van der Waals surface area contributed by atoms with E-state index in [0.29, 0.717) is 12.6 Å². The number of fused-ring (bicyclic) bond motifs is 1. The molecule has 0 saturated carbocycles. The molecule has 1 aromatic heterocycles. The smallest absolute Gasteiger partial charge is 0.201 e. The third-order valence-corrected chi connectivity index (χ3v) is 3.77. The summed E-state index contributed by atoms with van der Waals surface area (Å²) in [5, 5.41) is 0. The summed E-state index contributed by atoms with van der Waals surface area (Å²) >= 11 is 0. The van der Waals surface area contributed by atoms with Gasteiger partial charge < -0.3 is 19.9 Å². The third kappa shape index (κ3) is 3.47. The topological polar surface area (TPSA) is 56.3 Å². The lowest BCUT2D eigenvalue weighted by molar-refractivity contribution is 0.292. The molecule has 0 bridgehead atoms. The van der Waals surface area contributed by atoms with Crippen LogP contribution in [0.3, 0.4) is 0 Å². The quantitative estimate of drug-likeness (QED) is 0.812. The average molecular weight is 290 g/mol. The summed E-state index contributed by atoms with van der Waals surface area (Å²) < 4.78 is 7.84. The number of para-hydroxylation sites is 1. The number of rotatable bonds is 8. The Morgan fingerprint density at radius 2 is 2.00 bits per heavy atom. The minimum Gasteiger partial charge on any atom is -0.491 e. The summed E-state index contributed by atoms with van der Waals surface area (Å²) in [6.07, 6.45) is 0.981. The maximum atomic E-state index is 6.10. The van der Waals surface area contributed by atoms with Crippen LogP contribution in [-0.4, -0.2) is 40.7 Å². The first-order chi connectivity index (χ1) is 10.2. The molecule has 0 atom stereocenters. The van der Waals surface area contributed by atoms with E-state index >= 15 is 0 Å². The fraction of sp³-hybridized carbons (Fsp3) is 0.562. The second-order valence-electron chi connectivity index (χ2n) is 5.12. The zero-order chi connectivity index (χ0) is 15.2. The number of hydrogen-bond acceptors (Lipinski definition) is 4. The molecule has 5 heteroatoms. The third-order valence-electron chi connectivity index (χ3n) is 3.77. The summed E-state index contributed by atoms with van der Waals surface area (Å²) in [6.45, 7) is 11.1. The molecular weight excluding hydrogens is 264 g/mol. The van der Waals surface area contributed by atoms with Crippen LogP contribution >= 0.6 is 0 Å². The van der Waals surface area contributed by atoms with Crippen molar-refractivity contribution in [1.29, 1.82) is 0 Å². The molecule has 0 fully saturated rings. The number of likely N-dealkylation sites (N-methyl/N-ethyl adjacent to an activating group) is 1. The van der Waals surface area contributed by atoms with E-state index in [1.54, 1.807) is 0 Å². The van der Waals surface area contributed by atoms with Gasteiger partial charge in [-0.3, -0.25) is 0 Å². The highest BCUT2D eigenvalue weighted by Crippen LogP contribution is 2.27. The lowest BCUT2D eigenvalue weighted by Gasteiger charge is -2.18. The summed E-state index contributed by atoms with van der Waals surface area (Å²) in [5.41, 5.74) is 8.01. The van der Waals surface area contributed by atoms with Crippen molar-refractivity contribution in [2.24, 2.45) is 0 Å². The van der Waals surface area contributed by atoms with Gasteiger partial charge >= 0.3 is 0 Å². The van der Waals surface area contributed by atoms with Gasteiger partial charge in [0.1, 0.15) is 11.3 Å². The van der Waals surface area contributed by atoms with Gasteiger partial charge in [0, 0.05) is 13.1 Å². The number of anilines is 1. The molecule has 2 rings (SSSR count). The van der Waals surface area contributed by atoms with Gasteiger partial charge in [0.25, 0.3) is 0 Å². The van der Waals surface area contributed by atoms with Gasteiger partial charge in [-0.25, -0.2) is 4.98 Å². The summed E-state index contributed by atoms with van der Waals surface area (Å²) in [5.74, 6) is 1.38. The fourth-order valence-electron chi connectivity index (χ4n) is 2.48. The molecular formula is C16H26N4O. The van der Waals surface area contributed by atoms with E-state index in [4.69, 9.17) is 10.5 Å². The minimum atomic E-state index is 0.560. The molecule has 0 radical (unpaired) electrons. The van der Waals surface area contributed by atoms with Gasteiger partial charge in [-0.15, -0.1) is 0 Å². The van der Waals surface area contributed by atoms with Gasteiger partial charge in [-0.1, -0.05) is 26.8 Å². The molecule has 0 saturated heterocycles. The van der Waals surface area contributed by atoms with Crippen molar-refractivity contribution in [3.8, 4) is 5.75 Å². The van der Waals surface area contributed by atoms with Gasteiger partial charge in [0.2, 0.25) is 5.95 Å². The van der Waals surface area contributed by atoms with Crippen LogP contribution in [-0.2, 0) is 6.54 Å². The Bertz CT molecular complexity index is 575. The number of hydrogen-bond donors (Lipinski definition) is 1. The van der Waals surface area contributed by atoms with Crippen LogP contribution in [0.4, 0.5) is 5.95 Å². The zero-order valence-electron chi connectivity index (χ0n) is 13.3. The highest BCUT2D eigenvalue weighted by Gasteiger charge is 2.12. The number of aromatic nitrogens is 2. The molecule has 1 heterocycles.